The first-order chi connectivity index (χ1) is 9.24. The molecule has 1 fully saturated rings. The van der Waals surface area contributed by atoms with Gasteiger partial charge >= 0.3 is 0 Å². The van der Waals surface area contributed by atoms with Crippen molar-refractivity contribution < 1.29 is 0 Å². The first-order valence-corrected chi connectivity index (χ1v) is 7.79. The average Bonchev–Trinajstić information content (AvgIpc) is 2.47. The van der Waals surface area contributed by atoms with Gasteiger partial charge in [0.15, 0.2) is 0 Å². The molecule has 2 aliphatic rings. The summed E-state index contributed by atoms with van der Waals surface area (Å²) in [4.78, 5) is 0. The molecule has 102 valence electrons. The van der Waals surface area contributed by atoms with Crippen molar-refractivity contribution in [3.8, 4) is 0 Å². The van der Waals surface area contributed by atoms with Gasteiger partial charge in [-0.05, 0) is 50.2 Å². The summed E-state index contributed by atoms with van der Waals surface area (Å²) in [5, 5.41) is 3.72. The van der Waals surface area contributed by atoms with E-state index in [1.165, 1.54) is 67.3 Å². The molecule has 1 aromatic rings. The van der Waals surface area contributed by atoms with Crippen LogP contribution in [-0.4, -0.2) is 6.04 Å². The summed E-state index contributed by atoms with van der Waals surface area (Å²) in [6.45, 7) is 6.60. The van der Waals surface area contributed by atoms with Crippen molar-refractivity contribution in [2.24, 2.45) is 5.92 Å². The van der Waals surface area contributed by atoms with E-state index in [4.69, 9.17) is 0 Å². The molecule has 0 radical (unpaired) electrons. The van der Waals surface area contributed by atoms with Gasteiger partial charge in [-0.15, -0.1) is 0 Å². The van der Waals surface area contributed by atoms with Crippen LogP contribution in [0.15, 0.2) is 30.4 Å². The fraction of sp³-hybridized carbons (Fsp3) is 0.556. The van der Waals surface area contributed by atoms with Gasteiger partial charge in [-0.3, -0.25) is 0 Å². The smallest absolute Gasteiger partial charge is 0.0477 e. The van der Waals surface area contributed by atoms with Crippen molar-refractivity contribution in [1.29, 1.82) is 0 Å². The Hall–Kier alpha value is -1.24. The van der Waals surface area contributed by atoms with Gasteiger partial charge in [-0.1, -0.05) is 49.1 Å². The minimum atomic E-state index is 0.498. The fourth-order valence-corrected chi connectivity index (χ4v) is 3.67. The average molecular weight is 255 g/mol. The van der Waals surface area contributed by atoms with E-state index in [0.717, 1.165) is 5.92 Å². The summed E-state index contributed by atoms with van der Waals surface area (Å²) < 4.78 is 0. The largest absolute Gasteiger partial charge is 0.378 e. The minimum absolute atomic E-state index is 0.498. The maximum Gasteiger partial charge on any atom is 0.0477 e. The van der Waals surface area contributed by atoms with E-state index in [1.807, 2.05) is 0 Å². The third-order valence-corrected chi connectivity index (χ3v) is 4.87. The molecule has 1 heterocycles. The third kappa shape index (κ3) is 2.70. The van der Waals surface area contributed by atoms with Gasteiger partial charge in [-0.25, -0.2) is 0 Å². The highest BCUT2D eigenvalue weighted by Gasteiger charge is 2.25. The maximum absolute atomic E-state index is 4.43. The van der Waals surface area contributed by atoms with Crippen LogP contribution < -0.4 is 5.32 Å². The van der Waals surface area contributed by atoms with Gasteiger partial charge in [0.05, 0.1) is 0 Å². The van der Waals surface area contributed by atoms with Crippen LogP contribution in [0.1, 0.15) is 49.7 Å². The summed E-state index contributed by atoms with van der Waals surface area (Å²) in [7, 11) is 0. The molecule has 1 nitrogen and oxygen atoms in total. The highest BCUT2D eigenvalue weighted by molar-refractivity contribution is 5.56. The Morgan fingerprint density at radius 3 is 2.74 bits per heavy atom. The van der Waals surface area contributed by atoms with Crippen LogP contribution in [0.2, 0.25) is 0 Å². The molecule has 1 atom stereocenters. The molecule has 0 spiro atoms. The van der Waals surface area contributed by atoms with Gasteiger partial charge in [0.25, 0.3) is 0 Å². The van der Waals surface area contributed by atoms with Crippen LogP contribution in [-0.2, 0) is 6.42 Å². The predicted molar refractivity (Wildman–Crippen MR) is 82.6 cm³/mol. The van der Waals surface area contributed by atoms with Gasteiger partial charge in [-0.2, -0.15) is 0 Å². The second-order valence-electron chi connectivity index (χ2n) is 6.31. The lowest BCUT2D eigenvalue weighted by Gasteiger charge is -2.34. The van der Waals surface area contributed by atoms with E-state index in [-0.39, 0.29) is 0 Å². The molecular formula is C18H25N. The predicted octanol–water partition coefficient (Wildman–Crippen LogP) is 4.86. The number of nitrogens with one attached hydrogen (secondary N) is 1. The second-order valence-corrected chi connectivity index (χ2v) is 6.31. The summed E-state index contributed by atoms with van der Waals surface area (Å²) in [5.74, 6) is 0.762. The lowest BCUT2D eigenvalue weighted by Crippen LogP contribution is -2.30. The number of benzene rings is 1. The lowest BCUT2D eigenvalue weighted by atomic mass is 9.79. The summed E-state index contributed by atoms with van der Waals surface area (Å²) >= 11 is 0. The van der Waals surface area contributed by atoms with Crippen molar-refractivity contribution in [1.82, 2.24) is 0 Å². The molecular weight excluding hydrogens is 230 g/mol. The Balaban J connectivity index is 1.71. The zero-order chi connectivity index (χ0) is 13.2. The topological polar surface area (TPSA) is 12.0 Å². The molecule has 0 bridgehead atoms. The molecule has 0 amide bonds. The van der Waals surface area contributed by atoms with Crippen LogP contribution >= 0.6 is 0 Å². The van der Waals surface area contributed by atoms with Gasteiger partial charge in [0.2, 0.25) is 0 Å². The Morgan fingerprint density at radius 2 is 1.95 bits per heavy atom. The van der Waals surface area contributed by atoms with Crippen molar-refractivity contribution in [2.75, 3.05) is 5.32 Å². The first kappa shape index (κ1) is 12.8. The lowest BCUT2D eigenvalue weighted by molar-refractivity contribution is 0.387. The molecule has 0 aromatic heterocycles. The quantitative estimate of drug-likeness (QED) is 0.744. The number of hydrogen-bond donors (Lipinski definition) is 1. The van der Waals surface area contributed by atoms with Crippen molar-refractivity contribution in [3.05, 3.63) is 41.5 Å². The molecule has 1 aliphatic carbocycles. The van der Waals surface area contributed by atoms with Crippen molar-refractivity contribution in [2.45, 2.75) is 57.9 Å². The first-order valence-electron chi connectivity index (χ1n) is 7.79. The standard InChI is InChI=1S/C18H25N/c1-13-8-10-18-16(12-13)9-11-17(19-18)14(2)15-6-4-3-5-7-15/h8,10,12,15,17,19H,2-7,9,11H2,1H3. The van der Waals surface area contributed by atoms with Gasteiger partial charge in [0.1, 0.15) is 0 Å². The SMILES string of the molecule is C=C(C1CCCCC1)C1CCc2cc(C)ccc2N1. The van der Waals surface area contributed by atoms with E-state index >= 15 is 0 Å². The normalized spacial score (nSPS) is 23.5. The molecule has 1 aliphatic heterocycles. The van der Waals surface area contributed by atoms with Crippen LogP contribution in [0.4, 0.5) is 5.69 Å². The molecule has 19 heavy (non-hydrogen) atoms. The fourth-order valence-electron chi connectivity index (χ4n) is 3.67. The zero-order valence-electron chi connectivity index (χ0n) is 12.0. The highest BCUT2D eigenvalue weighted by Crippen LogP contribution is 2.35. The van der Waals surface area contributed by atoms with Crippen molar-refractivity contribution >= 4 is 5.69 Å². The molecule has 1 heteroatoms. The number of rotatable bonds is 2. The number of fused-ring (bicyclic) bond motifs is 1. The van der Waals surface area contributed by atoms with Crippen LogP contribution in [0, 0.1) is 12.8 Å². The molecule has 1 unspecified atom stereocenters. The highest BCUT2D eigenvalue weighted by atomic mass is 14.9. The Morgan fingerprint density at radius 1 is 1.16 bits per heavy atom. The maximum atomic E-state index is 4.43. The number of aryl methyl sites for hydroxylation is 2. The van der Waals surface area contributed by atoms with E-state index in [0.29, 0.717) is 6.04 Å². The molecule has 1 saturated carbocycles. The summed E-state index contributed by atoms with van der Waals surface area (Å²) in [6.07, 6.45) is 9.34. The van der Waals surface area contributed by atoms with E-state index < -0.39 is 0 Å². The Bertz CT molecular complexity index is 469. The summed E-state index contributed by atoms with van der Waals surface area (Å²) in [5.41, 5.74) is 5.64. The minimum Gasteiger partial charge on any atom is -0.378 e. The van der Waals surface area contributed by atoms with E-state index in [9.17, 15) is 0 Å². The Kier molecular flexibility index (Phi) is 3.63. The monoisotopic (exact) mass is 255 g/mol. The van der Waals surface area contributed by atoms with Gasteiger partial charge < -0.3 is 5.32 Å². The van der Waals surface area contributed by atoms with Crippen LogP contribution in [0.25, 0.3) is 0 Å². The number of anilines is 1. The molecule has 1 N–H and O–H groups in total. The van der Waals surface area contributed by atoms with Gasteiger partial charge in [0, 0.05) is 11.7 Å². The van der Waals surface area contributed by atoms with Crippen LogP contribution in [0.3, 0.4) is 0 Å². The molecule has 3 rings (SSSR count). The Labute approximate surface area is 117 Å². The van der Waals surface area contributed by atoms with Crippen molar-refractivity contribution in [3.63, 3.8) is 0 Å². The van der Waals surface area contributed by atoms with E-state index in [1.54, 1.807) is 0 Å². The van der Waals surface area contributed by atoms with Crippen LogP contribution in [0.5, 0.6) is 0 Å². The molecule has 1 aromatic carbocycles. The summed E-state index contributed by atoms with van der Waals surface area (Å²) in [6, 6.07) is 7.27. The second kappa shape index (κ2) is 5.40. The number of hydrogen-bond acceptors (Lipinski definition) is 1. The molecule has 0 saturated heterocycles. The zero-order valence-corrected chi connectivity index (χ0v) is 12.0. The third-order valence-electron chi connectivity index (χ3n) is 4.87. The van der Waals surface area contributed by atoms with E-state index in [2.05, 4.69) is 37.0 Å².